The summed E-state index contributed by atoms with van der Waals surface area (Å²) in [6, 6.07) is 15.2. The van der Waals surface area contributed by atoms with Crippen molar-refractivity contribution in [3.63, 3.8) is 0 Å². The molecular weight excluding hydrogens is 285 g/mol. The van der Waals surface area contributed by atoms with Crippen molar-refractivity contribution in [1.82, 2.24) is 0 Å². The van der Waals surface area contributed by atoms with E-state index in [2.05, 4.69) is 12.1 Å². The van der Waals surface area contributed by atoms with Gasteiger partial charge < -0.3 is 10.5 Å². The zero-order chi connectivity index (χ0) is 15.1. The van der Waals surface area contributed by atoms with Gasteiger partial charge in [0.15, 0.2) is 0 Å². The first kappa shape index (κ1) is 15.6. The number of benzene rings is 2. The molecule has 0 amide bonds. The van der Waals surface area contributed by atoms with E-state index in [9.17, 15) is 4.39 Å². The smallest absolute Gasteiger partial charge is 0.138 e. The number of aryl methyl sites for hydroxylation is 1. The lowest BCUT2D eigenvalue weighted by Gasteiger charge is -2.08. The van der Waals surface area contributed by atoms with Gasteiger partial charge in [0, 0.05) is 17.7 Å². The number of rotatable bonds is 7. The van der Waals surface area contributed by atoms with Crippen molar-refractivity contribution < 1.29 is 9.13 Å². The van der Waals surface area contributed by atoms with Crippen LogP contribution in [0.25, 0.3) is 0 Å². The van der Waals surface area contributed by atoms with Crippen LogP contribution in [-0.2, 0) is 17.8 Å². The van der Waals surface area contributed by atoms with Gasteiger partial charge in [0.05, 0.1) is 6.61 Å². The largest absolute Gasteiger partial charge is 0.389 e. The van der Waals surface area contributed by atoms with Crippen LogP contribution in [0.2, 0.25) is 0 Å². The van der Waals surface area contributed by atoms with Crippen molar-refractivity contribution in [3.05, 3.63) is 71.0 Å². The SMILES string of the molecule is NC(=S)c1cccc(COCCCc2ccccc2)c1F. The van der Waals surface area contributed by atoms with Crippen LogP contribution in [0.1, 0.15) is 23.1 Å². The number of hydrogen-bond acceptors (Lipinski definition) is 2. The van der Waals surface area contributed by atoms with Crippen LogP contribution in [0.5, 0.6) is 0 Å². The van der Waals surface area contributed by atoms with Gasteiger partial charge in [-0.3, -0.25) is 0 Å². The molecule has 0 aliphatic heterocycles. The van der Waals surface area contributed by atoms with Crippen LogP contribution in [0.3, 0.4) is 0 Å². The van der Waals surface area contributed by atoms with E-state index >= 15 is 0 Å². The highest BCUT2D eigenvalue weighted by molar-refractivity contribution is 7.80. The van der Waals surface area contributed by atoms with E-state index in [0.717, 1.165) is 12.8 Å². The van der Waals surface area contributed by atoms with Crippen LogP contribution < -0.4 is 5.73 Å². The third-order valence-electron chi connectivity index (χ3n) is 3.20. The summed E-state index contributed by atoms with van der Waals surface area (Å²) in [5.74, 6) is -0.381. The third-order valence-corrected chi connectivity index (χ3v) is 3.42. The molecule has 0 aromatic heterocycles. The molecular formula is C17H18FNOS. The number of hydrogen-bond donors (Lipinski definition) is 1. The summed E-state index contributed by atoms with van der Waals surface area (Å²) in [5, 5.41) is 0. The van der Waals surface area contributed by atoms with Gasteiger partial charge in [-0.15, -0.1) is 0 Å². The minimum Gasteiger partial charge on any atom is -0.389 e. The summed E-state index contributed by atoms with van der Waals surface area (Å²) in [5.41, 5.74) is 7.51. The number of ether oxygens (including phenoxy) is 1. The fourth-order valence-corrected chi connectivity index (χ4v) is 2.24. The van der Waals surface area contributed by atoms with Gasteiger partial charge >= 0.3 is 0 Å². The second kappa shape index (κ2) is 7.86. The molecule has 0 heterocycles. The standard InChI is InChI=1S/C17H18FNOS/c18-16-14(9-4-10-15(16)17(19)21)12-20-11-5-8-13-6-2-1-3-7-13/h1-4,6-7,9-10H,5,8,11-12H2,(H2,19,21). The number of halogens is 1. The Labute approximate surface area is 129 Å². The van der Waals surface area contributed by atoms with Gasteiger partial charge in [0.1, 0.15) is 10.8 Å². The predicted octanol–water partition coefficient (Wildman–Crippen LogP) is 3.61. The van der Waals surface area contributed by atoms with Gasteiger partial charge in [-0.1, -0.05) is 54.7 Å². The van der Waals surface area contributed by atoms with Gasteiger partial charge in [-0.05, 0) is 24.5 Å². The van der Waals surface area contributed by atoms with Crippen LogP contribution >= 0.6 is 12.2 Å². The first-order valence-electron chi connectivity index (χ1n) is 6.87. The monoisotopic (exact) mass is 303 g/mol. The lowest BCUT2D eigenvalue weighted by Crippen LogP contribution is -2.13. The normalized spacial score (nSPS) is 10.5. The molecule has 21 heavy (non-hydrogen) atoms. The molecule has 110 valence electrons. The minimum atomic E-state index is -0.381. The van der Waals surface area contributed by atoms with Crippen molar-refractivity contribution in [3.8, 4) is 0 Å². The lowest BCUT2D eigenvalue weighted by atomic mass is 10.1. The fraction of sp³-hybridized carbons (Fsp3) is 0.235. The lowest BCUT2D eigenvalue weighted by molar-refractivity contribution is 0.116. The highest BCUT2D eigenvalue weighted by Gasteiger charge is 2.09. The van der Waals surface area contributed by atoms with Crippen molar-refractivity contribution >= 4 is 17.2 Å². The quantitative estimate of drug-likeness (QED) is 0.627. The van der Waals surface area contributed by atoms with Crippen molar-refractivity contribution in [2.24, 2.45) is 5.73 Å². The van der Waals surface area contributed by atoms with Crippen LogP contribution in [0, 0.1) is 5.82 Å². The molecule has 0 spiro atoms. The highest BCUT2D eigenvalue weighted by Crippen LogP contribution is 2.14. The molecule has 2 aromatic rings. The highest BCUT2D eigenvalue weighted by atomic mass is 32.1. The summed E-state index contributed by atoms with van der Waals surface area (Å²) in [7, 11) is 0. The molecule has 0 bridgehead atoms. The molecule has 0 saturated carbocycles. The van der Waals surface area contributed by atoms with Crippen LogP contribution in [0.15, 0.2) is 48.5 Å². The summed E-state index contributed by atoms with van der Waals surface area (Å²) in [4.78, 5) is 0.0680. The van der Waals surface area contributed by atoms with E-state index < -0.39 is 0 Å². The molecule has 0 aliphatic rings. The minimum absolute atomic E-state index is 0.0680. The van der Waals surface area contributed by atoms with Gasteiger partial charge in [0.2, 0.25) is 0 Å². The Balaban J connectivity index is 1.79. The summed E-state index contributed by atoms with van der Waals surface area (Å²) in [6.45, 7) is 0.822. The Bertz CT molecular complexity index is 601. The molecule has 4 heteroatoms. The molecule has 0 aliphatic carbocycles. The van der Waals surface area contributed by atoms with E-state index in [1.54, 1.807) is 18.2 Å². The first-order valence-corrected chi connectivity index (χ1v) is 7.28. The third kappa shape index (κ3) is 4.62. The van der Waals surface area contributed by atoms with E-state index in [-0.39, 0.29) is 23.0 Å². The first-order chi connectivity index (χ1) is 10.2. The maximum absolute atomic E-state index is 14.0. The molecule has 2 rings (SSSR count). The molecule has 2 nitrogen and oxygen atoms in total. The fourth-order valence-electron chi connectivity index (χ4n) is 2.09. The van der Waals surface area contributed by atoms with Gasteiger partial charge in [-0.2, -0.15) is 0 Å². The average Bonchev–Trinajstić information content (AvgIpc) is 2.49. The number of thiocarbonyl (C=S) groups is 1. The molecule has 0 saturated heterocycles. The van der Waals surface area contributed by atoms with Crippen molar-refractivity contribution in [2.75, 3.05) is 6.61 Å². The van der Waals surface area contributed by atoms with Gasteiger partial charge in [-0.25, -0.2) is 4.39 Å². The molecule has 0 radical (unpaired) electrons. The Morgan fingerprint density at radius 2 is 1.86 bits per heavy atom. The summed E-state index contributed by atoms with van der Waals surface area (Å²) in [6.07, 6.45) is 1.86. The maximum Gasteiger partial charge on any atom is 0.138 e. The van der Waals surface area contributed by atoms with Crippen molar-refractivity contribution in [2.45, 2.75) is 19.4 Å². The van der Waals surface area contributed by atoms with Crippen molar-refractivity contribution in [1.29, 1.82) is 0 Å². The van der Waals surface area contributed by atoms with E-state index in [1.165, 1.54) is 5.56 Å². The molecule has 0 atom stereocenters. The second-order valence-electron chi connectivity index (χ2n) is 4.78. The Hall–Kier alpha value is -1.78. The molecule has 2 N–H and O–H groups in total. The van der Waals surface area contributed by atoms with E-state index in [0.29, 0.717) is 12.2 Å². The average molecular weight is 303 g/mol. The summed E-state index contributed by atoms with van der Waals surface area (Å²) < 4.78 is 19.6. The Kier molecular flexibility index (Phi) is 5.84. The van der Waals surface area contributed by atoms with E-state index in [1.807, 2.05) is 18.2 Å². The topological polar surface area (TPSA) is 35.2 Å². The van der Waals surface area contributed by atoms with E-state index in [4.69, 9.17) is 22.7 Å². The van der Waals surface area contributed by atoms with Crippen LogP contribution in [-0.4, -0.2) is 11.6 Å². The predicted molar refractivity (Wildman–Crippen MR) is 86.7 cm³/mol. The molecule has 2 aromatic carbocycles. The molecule has 0 fully saturated rings. The second-order valence-corrected chi connectivity index (χ2v) is 5.22. The zero-order valence-corrected chi connectivity index (χ0v) is 12.5. The summed E-state index contributed by atoms with van der Waals surface area (Å²) >= 11 is 4.81. The molecule has 0 unspecified atom stereocenters. The Morgan fingerprint density at radius 3 is 2.57 bits per heavy atom. The zero-order valence-electron chi connectivity index (χ0n) is 11.7. The van der Waals surface area contributed by atoms with Gasteiger partial charge in [0.25, 0.3) is 0 Å². The maximum atomic E-state index is 14.0. The Morgan fingerprint density at radius 1 is 1.10 bits per heavy atom. The number of nitrogens with two attached hydrogens (primary N) is 1. The van der Waals surface area contributed by atoms with Crippen LogP contribution in [0.4, 0.5) is 4.39 Å².